The second-order valence-corrected chi connectivity index (χ2v) is 6.01. The first-order chi connectivity index (χ1) is 13.7. The van der Waals surface area contributed by atoms with Gasteiger partial charge in [0.15, 0.2) is 11.5 Å². The summed E-state index contributed by atoms with van der Waals surface area (Å²) in [5, 5.41) is 0.677. The summed E-state index contributed by atoms with van der Waals surface area (Å²) in [5.74, 6) is -1.79. The maximum Gasteiger partial charge on any atom is 0.348 e. The fourth-order valence-electron chi connectivity index (χ4n) is 2.82. The molecule has 0 saturated carbocycles. The number of hydrogen-bond donors (Lipinski definition) is 0. The predicted molar refractivity (Wildman–Crippen MR) is 100 cm³/mol. The van der Waals surface area contributed by atoms with E-state index in [0.717, 1.165) is 0 Å². The third-order valence-corrected chi connectivity index (χ3v) is 3.82. The van der Waals surface area contributed by atoms with E-state index in [1.807, 2.05) is 0 Å². The minimum absolute atomic E-state index is 0.00233. The van der Waals surface area contributed by atoms with Crippen molar-refractivity contribution in [2.75, 3.05) is 7.11 Å². The molecule has 0 atom stereocenters. The summed E-state index contributed by atoms with van der Waals surface area (Å²) in [5.41, 5.74) is -0.711. The monoisotopic (exact) mass is 400 g/mol. The SMILES string of the molecule is COc1cc(OC(C)=O)c2c(=O)oc3cc(OC(C)=O)c(OC(C)=O)cc3c2c1. The molecule has 0 radical (unpaired) electrons. The van der Waals surface area contributed by atoms with Crippen molar-refractivity contribution in [3.05, 3.63) is 34.7 Å². The Morgan fingerprint density at radius 2 is 1.31 bits per heavy atom. The quantitative estimate of drug-likeness (QED) is 0.282. The Bertz CT molecular complexity index is 1220. The molecule has 0 amide bonds. The smallest absolute Gasteiger partial charge is 0.348 e. The highest BCUT2D eigenvalue weighted by Crippen LogP contribution is 2.39. The zero-order chi connectivity index (χ0) is 21.3. The Morgan fingerprint density at radius 3 is 1.86 bits per heavy atom. The van der Waals surface area contributed by atoms with Crippen LogP contribution in [0.5, 0.6) is 23.0 Å². The molecule has 9 heteroatoms. The Balaban J connectivity index is 2.42. The Labute approximate surface area is 163 Å². The lowest BCUT2D eigenvalue weighted by atomic mass is 10.1. The van der Waals surface area contributed by atoms with Gasteiger partial charge >= 0.3 is 23.5 Å². The number of fused-ring (bicyclic) bond motifs is 3. The molecule has 0 aliphatic rings. The first-order valence-electron chi connectivity index (χ1n) is 8.37. The van der Waals surface area contributed by atoms with Gasteiger partial charge in [-0.2, -0.15) is 0 Å². The summed E-state index contributed by atoms with van der Waals surface area (Å²) >= 11 is 0. The maximum atomic E-state index is 12.6. The second-order valence-electron chi connectivity index (χ2n) is 6.01. The van der Waals surface area contributed by atoms with E-state index >= 15 is 0 Å². The average molecular weight is 400 g/mol. The largest absolute Gasteiger partial charge is 0.497 e. The molecule has 1 heterocycles. The van der Waals surface area contributed by atoms with Gasteiger partial charge in [-0.05, 0) is 12.1 Å². The topological polar surface area (TPSA) is 118 Å². The molecular weight excluding hydrogens is 384 g/mol. The lowest BCUT2D eigenvalue weighted by Gasteiger charge is -2.13. The van der Waals surface area contributed by atoms with E-state index in [9.17, 15) is 19.2 Å². The molecule has 0 saturated heterocycles. The number of carbonyl (C=O) groups excluding carboxylic acids is 3. The fraction of sp³-hybridized carbons (Fsp3) is 0.200. The molecule has 2 aromatic carbocycles. The van der Waals surface area contributed by atoms with Crippen LogP contribution in [0, 0.1) is 0 Å². The van der Waals surface area contributed by atoms with Crippen LogP contribution < -0.4 is 24.6 Å². The molecule has 3 aromatic rings. The van der Waals surface area contributed by atoms with Crippen LogP contribution in [0.3, 0.4) is 0 Å². The van der Waals surface area contributed by atoms with Gasteiger partial charge in [0.2, 0.25) is 0 Å². The van der Waals surface area contributed by atoms with E-state index in [0.29, 0.717) is 16.5 Å². The van der Waals surface area contributed by atoms with E-state index in [-0.39, 0.29) is 28.2 Å². The molecule has 9 nitrogen and oxygen atoms in total. The molecule has 0 unspecified atom stereocenters. The lowest BCUT2D eigenvalue weighted by Crippen LogP contribution is -2.09. The third-order valence-electron chi connectivity index (χ3n) is 3.82. The van der Waals surface area contributed by atoms with Crippen molar-refractivity contribution < 1.29 is 37.7 Å². The number of rotatable bonds is 4. The van der Waals surface area contributed by atoms with Crippen molar-refractivity contribution in [3.8, 4) is 23.0 Å². The van der Waals surface area contributed by atoms with Crippen LogP contribution >= 0.6 is 0 Å². The predicted octanol–water partition coefficient (Wildman–Crippen LogP) is 2.73. The fourth-order valence-corrected chi connectivity index (χ4v) is 2.82. The van der Waals surface area contributed by atoms with Gasteiger partial charge < -0.3 is 23.4 Å². The van der Waals surface area contributed by atoms with Crippen molar-refractivity contribution >= 4 is 39.6 Å². The molecule has 0 aliphatic heterocycles. The van der Waals surface area contributed by atoms with E-state index in [1.165, 1.54) is 46.1 Å². The highest BCUT2D eigenvalue weighted by molar-refractivity contribution is 6.08. The van der Waals surface area contributed by atoms with E-state index in [4.69, 9.17) is 23.4 Å². The zero-order valence-electron chi connectivity index (χ0n) is 16.0. The minimum atomic E-state index is -0.777. The number of methoxy groups -OCH3 is 1. The average Bonchev–Trinajstić information content (AvgIpc) is 2.61. The molecule has 150 valence electrons. The number of benzene rings is 2. The van der Waals surface area contributed by atoms with Crippen molar-refractivity contribution in [2.45, 2.75) is 20.8 Å². The van der Waals surface area contributed by atoms with Gasteiger partial charge in [0.05, 0.1) is 7.11 Å². The standard InChI is InChI=1S/C20H16O9/c1-9(21)26-16-7-13-14-5-12(25-4)6-18(28-11(3)23)19(14)20(24)29-15(13)8-17(16)27-10(2)22/h5-8H,1-4H3. The number of esters is 3. The highest BCUT2D eigenvalue weighted by atomic mass is 16.6. The van der Waals surface area contributed by atoms with E-state index in [1.54, 1.807) is 6.07 Å². The van der Waals surface area contributed by atoms with Gasteiger partial charge in [-0.25, -0.2) is 4.79 Å². The molecule has 1 aromatic heterocycles. The minimum Gasteiger partial charge on any atom is -0.497 e. The van der Waals surface area contributed by atoms with Crippen LogP contribution in [0.25, 0.3) is 21.7 Å². The van der Waals surface area contributed by atoms with Crippen LogP contribution in [0.15, 0.2) is 33.5 Å². The van der Waals surface area contributed by atoms with Crippen molar-refractivity contribution in [3.63, 3.8) is 0 Å². The summed E-state index contributed by atoms with van der Waals surface area (Å²) < 4.78 is 25.9. The molecule has 0 spiro atoms. The van der Waals surface area contributed by atoms with Crippen molar-refractivity contribution in [1.82, 2.24) is 0 Å². The Kier molecular flexibility index (Phi) is 5.22. The Hall–Kier alpha value is -3.88. The van der Waals surface area contributed by atoms with Crippen LogP contribution in [-0.4, -0.2) is 25.0 Å². The van der Waals surface area contributed by atoms with E-state index < -0.39 is 23.5 Å². The maximum absolute atomic E-state index is 12.6. The third kappa shape index (κ3) is 4.03. The normalized spacial score (nSPS) is 10.6. The zero-order valence-corrected chi connectivity index (χ0v) is 16.0. The lowest BCUT2D eigenvalue weighted by molar-refractivity contribution is -0.134. The van der Waals surface area contributed by atoms with Crippen LogP contribution in [-0.2, 0) is 14.4 Å². The van der Waals surface area contributed by atoms with Gasteiger partial charge in [-0.1, -0.05) is 0 Å². The van der Waals surface area contributed by atoms with Crippen molar-refractivity contribution in [2.24, 2.45) is 0 Å². The molecule has 0 N–H and O–H groups in total. The molecule has 29 heavy (non-hydrogen) atoms. The highest BCUT2D eigenvalue weighted by Gasteiger charge is 2.20. The number of ether oxygens (including phenoxy) is 4. The second kappa shape index (κ2) is 7.63. The molecular formula is C20H16O9. The summed E-state index contributed by atoms with van der Waals surface area (Å²) in [6.07, 6.45) is 0. The van der Waals surface area contributed by atoms with Gasteiger partial charge in [0.25, 0.3) is 0 Å². The first-order valence-corrected chi connectivity index (χ1v) is 8.37. The van der Waals surface area contributed by atoms with E-state index in [2.05, 4.69) is 0 Å². The first kappa shape index (κ1) is 19.9. The number of carbonyl (C=O) groups is 3. The molecule has 0 aliphatic carbocycles. The van der Waals surface area contributed by atoms with Crippen molar-refractivity contribution in [1.29, 1.82) is 0 Å². The van der Waals surface area contributed by atoms with Crippen LogP contribution in [0.4, 0.5) is 0 Å². The molecule has 0 bridgehead atoms. The summed E-state index contributed by atoms with van der Waals surface area (Å²) in [6.45, 7) is 3.56. The summed E-state index contributed by atoms with van der Waals surface area (Å²) in [7, 11) is 1.41. The van der Waals surface area contributed by atoms with Crippen LogP contribution in [0.2, 0.25) is 0 Å². The van der Waals surface area contributed by atoms with Gasteiger partial charge in [0, 0.05) is 43.7 Å². The summed E-state index contributed by atoms with van der Waals surface area (Å²) in [4.78, 5) is 46.9. The summed E-state index contributed by atoms with van der Waals surface area (Å²) in [6, 6.07) is 5.58. The van der Waals surface area contributed by atoms with Crippen LogP contribution in [0.1, 0.15) is 20.8 Å². The molecule has 3 rings (SSSR count). The molecule has 0 fully saturated rings. The van der Waals surface area contributed by atoms with Gasteiger partial charge in [-0.3, -0.25) is 14.4 Å². The Morgan fingerprint density at radius 1 is 0.759 bits per heavy atom. The number of hydrogen-bond acceptors (Lipinski definition) is 9. The van der Waals surface area contributed by atoms with Gasteiger partial charge in [0.1, 0.15) is 22.5 Å². The van der Waals surface area contributed by atoms with Gasteiger partial charge in [-0.15, -0.1) is 0 Å².